The Morgan fingerprint density at radius 1 is 1.32 bits per heavy atom. The van der Waals surface area contributed by atoms with E-state index in [4.69, 9.17) is 0 Å². The molecule has 0 fully saturated rings. The first kappa shape index (κ1) is 13.2. The summed E-state index contributed by atoms with van der Waals surface area (Å²) in [6, 6.07) is 6.55. The van der Waals surface area contributed by atoms with Crippen molar-refractivity contribution in [2.24, 2.45) is 5.92 Å². The molecule has 1 nitrogen and oxygen atoms in total. The van der Waals surface area contributed by atoms with Crippen molar-refractivity contribution in [3.8, 4) is 0 Å². The lowest BCUT2D eigenvalue weighted by Gasteiger charge is -2.22. The largest absolute Gasteiger partial charge is 0.357 e. The molecule has 0 saturated carbocycles. The first-order valence-electron chi connectivity index (χ1n) is 7.57. The van der Waals surface area contributed by atoms with E-state index in [1.54, 1.807) is 5.56 Å². The molecule has 1 unspecified atom stereocenters. The third-order valence-corrected chi connectivity index (χ3v) is 5.15. The molecular formula is C17H22BrN. The first-order valence-corrected chi connectivity index (χ1v) is 8.36. The molecule has 1 aliphatic rings. The average Bonchev–Trinajstić information content (AvgIpc) is 2.79. The molecule has 2 heteroatoms. The molecule has 0 spiro atoms. The van der Waals surface area contributed by atoms with Gasteiger partial charge in [0.05, 0.1) is 5.52 Å². The minimum absolute atomic E-state index is 0.900. The predicted octanol–water partition coefficient (Wildman–Crippen LogP) is 5.62. The molecule has 0 saturated heterocycles. The number of H-pyrrole nitrogens is 1. The molecule has 0 radical (unpaired) electrons. The lowest BCUT2D eigenvalue weighted by atomic mass is 9.83. The van der Waals surface area contributed by atoms with Gasteiger partial charge >= 0.3 is 0 Å². The molecule has 19 heavy (non-hydrogen) atoms. The second-order valence-electron chi connectivity index (χ2n) is 5.85. The summed E-state index contributed by atoms with van der Waals surface area (Å²) in [6.07, 6.45) is 9.40. The number of rotatable bonds is 4. The van der Waals surface area contributed by atoms with Crippen molar-refractivity contribution >= 4 is 26.8 Å². The van der Waals surface area contributed by atoms with Crippen LogP contribution in [0.4, 0.5) is 0 Å². The van der Waals surface area contributed by atoms with Crippen LogP contribution in [-0.4, -0.2) is 4.98 Å². The Bertz CT molecular complexity index is 570. The molecule has 1 aliphatic carbocycles. The van der Waals surface area contributed by atoms with Crippen molar-refractivity contribution in [2.75, 3.05) is 0 Å². The fourth-order valence-corrected chi connectivity index (χ4v) is 3.87. The minimum Gasteiger partial charge on any atom is -0.357 e. The van der Waals surface area contributed by atoms with Crippen LogP contribution in [0.25, 0.3) is 10.9 Å². The quantitative estimate of drug-likeness (QED) is 0.704. The van der Waals surface area contributed by atoms with Crippen LogP contribution in [0.3, 0.4) is 0 Å². The van der Waals surface area contributed by atoms with E-state index in [2.05, 4.69) is 46.0 Å². The fourth-order valence-electron chi connectivity index (χ4n) is 3.41. The van der Waals surface area contributed by atoms with Crippen molar-refractivity contribution in [3.63, 3.8) is 0 Å². The number of halogens is 1. The summed E-state index contributed by atoms with van der Waals surface area (Å²) < 4.78 is 1.20. The van der Waals surface area contributed by atoms with Crippen LogP contribution in [0.1, 0.15) is 50.3 Å². The third-order valence-electron chi connectivity index (χ3n) is 4.49. The molecule has 3 rings (SSSR count). The number of benzene rings is 1. The number of fused-ring (bicyclic) bond motifs is 3. The van der Waals surface area contributed by atoms with Crippen LogP contribution >= 0.6 is 15.9 Å². The van der Waals surface area contributed by atoms with Crippen LogP contribution in [0.5, 0.6) is 0 Å². The molecule has 0 bridgehead atoms. The molecule has 0 aliphatic heterocycles. The number of aryl methyl sites for hydroxylation is 1. The molecule has 1 N–H and O–H groups in total. The second kappa shape index (κ2) is 5.70. The van der Waals surface area contributed by atoms with Crippen LogP contribution < -0.4 is 0 Å². The Morgan fingerprint density at radius 2 is 2.21 bits per heavy atom. The first-order chi connectivity index (χ1) is 9.29. The maximum atomic E-state index is 3.66. The van der Waals surface area contributed by atoms with E-state index in [0.717, 1.165) is 5.92 Å². The average molecular weight is 320 g/mol. The summed E-state index contributed by atoms with van der Waals surface area (Å²) in [6.45, 7) is 2.29. The highest BCUT2D eigenvalue weighted by Gasteiger charge is 2.22. The maximum absolute atomic E-state index is 3.66. The van der Waals surface area contributed by atoms with E-state index in [1.165, 1.54) is 66.0 Å². The standard InChI is InChI=1S/C17H22BrN/c1-2-3-4-6-12-9-10-16-14(11-12)13-7-5-8-15(18)17(13)19-16/h5,7-8,12,19H,2-4,6,9-11H2,1H3. The summed E-state index contributed by atoms with van der Waals surface area (Å²) in [7, 11) is 0. The molecule has 1 aromatic carbocycles. The van der Waals surface area contributed by atoms with Crippen molar-refractivity contribution in [2.45, 2.75) is 51.9 Å². The van der Waals surface area contributed by atoms with Crippen molar-refractivity contribution in [1.29, 1.82) is 0 Å². The smallest absolute Gasteiger partial charge is 0.0603 e. The van der Waals surface area contributed by atoms with E-state index in [1.807, 2.05) is 0 Å². The second-order valence-corrected chi connectivity index (χ2v) is 6.70. The maximum Gasteiger partial charge on any atom is 0.0603 e. The number of hydrogen-bond acceptors (Lipinski definition) is 0. The van der Waals surface area contributed by atoms with Gasteiger partial charge in [-0.05, 0) is 52.7 Å². The molecule has 2 aromatic rings. The number of unbranched alkanes of at least 4 members (excludes halogenated alkanes) is 2. The zero-order chi connectivity index (χ0) is 13.2. The van der Waals surface area contributed by atoms with Crippen molar-refractivity contribution in [3.05, 3.63) is 33.9 Å². The van der Waals surface area contributed by atoms with E-state index in [-0.39, 0.29) is 0 Å². The van der Waals surface area contributed by atoms with Gasteiger partial charge in [0.25, 0.3) is 0 Å². The lowest BCUT2D eigenvalue weighted by Crippen LogP contribution is -2.13. The summed E-state index contributed by atoms with van der Waals surface area (Å²) in [5.74, 6) is 0.900. The molecular weight excluding hydrogens is 298 g/mol. The number of aromatic amines is 1. The van der Waals surface area contributed by atoms with Crippen LogP contribution in [0.15, 0.2) is 22.7 Å². The van der Waals surface area contributed by atoms with E-state index in [9.17, 15) is 0 Å². The van der Waals surface area contributed by atoms with Gasteiger partial charge < -0.3 is 4.98 Å². The molecule has 1 atom stereocenters. The number of nitrogens with one attached hydrogen (secondary N) is 1. The minimum atomic E-state index is 0.900. The SMILES string of the molecule is CCCCCC1CCc2[nH]c3c(Br)cccc3c2C1. The molecule has 0 amide bonds. The van der Waals surface area contributed by atoms with Gasteiger partial charge in [-0.25, -0.2) is 0 Å². The van der Waals surface area contributed by atoms with Crippen LogP contribution in [0, 0.1) is 5.92 Å². The normalized spacial score (nSPS) is 18.7. The Labute approximate surface area is 123 Å². The van der Waals surface area contributed by atoms with Gasteiger partial charge in [-0.2, -0.15) is 0 Å². The topological polar surface area (TPSA) is 15.8 Å². The van der Waals surface area contributed by atoms with Gasteiger partial charge in [-0.1, -0.05) is 44.7 Å². The highest BCUT2D eigenvalue weighted by atomic mass is 79.9. The Balaban J connectivity index is 1.83. The van der Waals surface area contributed by atoms with Gasteiger partial charge in [0.1, 0.15) is 0 Å². The van der Waals surface area contributed by atoms with Gasteiger partial charge in [-0.15, -0.1) is 0 Å². The Morgan fingerprint density at radius 3 is 3.05 bits per heavy atom. The predicted molar refractivity (Wildman–Crippen MR) is 85.7 cm³/mol. The number of para-hydroxylation sites is 1. The van der Waals surface area contributed by atoms with E-state index in [0.29, 0.717) is 0 Å². The summed E-state index contributed by atoms with van der Waals surface area (Å²) in [5, 5.41) is 1.43. The van der Waals surface area contributed by atoms with Gasteiger partial charge in [0, 0.05) is 15.6 Å². The van der Waals surface area contributed by atoms with Gasteiger partial charge in [-0.3, -0.25) is 0 Å². The zero-order valence-electron chi connectivity index (χ0n) is 11.6. The molecule has 1 heterocycles. The summed E-state index contributed by atoms with van der Waals surface area (Å²) >= 11 is 3.66. The Kier molecular flexibility index (Phi) is 3.97. The Hall–Kier alpha value is -0.760. The van der Waals surface area contributed by atoms with E-state index < -0.39 is 0 Å². The molecule has 102 valence electrons. The van der Waals surface area contributed by atoms with Gasteiger partial charge in [0.15, 0.2) is 0 Å². The van der Waals surface area contributed by atoms with Crippen LogP contribution in [0.2, 0.25) is 0 Å². The summed E-state index contributed by atoms with van der Waals surface area (Å²) in [5.41, 5.74) is 4.36. The van der Waals surface area contributed by atoms with E-state index >= 15 is 0 Å². The molecule has 1 aromatic heterocycles. The van der Waals surface area contributed by atoms with Crippen molar-refractivity contribution < 1.29 is 0 Å². The lowest BCUT2D eigenvalue weighted by molar-refractivity contribution is 0.408. The van der Waals surface area contributed by atoms with Gasteiger partial charge in [0.2, 0.25) is 0 Å². The number of aromatic nitrogens is 1. The zero-order valence-corrected chi connectivity index (χ0v) is 13.2. The fraction of sp³-hybridized carbons (Fsp3) is 0.529. The van der Waals surface area contributed by atoms with Crippen LogP contribution in [-0.2, 0) is 12.8 Å². The highest BCUT2D eigenvalue weighted by Crippen LogP contribution is 2.36. The monoisotopic (exact) mass is 319 g/mol. The summed E-state index contributed by atoms with van der Waals surface area (Å²) in [4.78, 5) is 3.63. The van der Waals surface area contributed by atoms with Crippen molar-refractivity contribution in [1.82, 2.24) is 4.98 Å². The third kappa shape index (κ3) is 2.60. The number of hydrogen-bond donors (Lipinski definition) is 1. The highest BCUT2D eigenvalue weighted by molar-refractivity contribution is 9.10.